The molecule has 1 aromatic heterocycles. The molecule has 0 spiro atoms. The summed E-state index contributed by atoms with van der Waals surface area (Å²) in [6.07, 6.45) is 1.81. The topological polar surface area (TPSA) is 33.3 Å². The van der Waals surface area contributed by atoms with Crippen molar-refractivity contribution in [1.82, 2.24) is 0 Å². The van der Waals surface area contributed by atoms with E-state index >= 15 is 0 Å². The Morgan fingerprint density at radius 3 is 2.59 bits per heavy atom. The second-order valence-corrected chi connectivity index (χ2v) is 4.00. The molecule has 88 valence electrons. The third-order valence-corrected chi connectivity index (χ3v) is 2.77. The van der Waals surface area contributed by atoms with Crippen molar-refractivity contribution < 1.29 is 14.4 Å². The highest BCUT2D eigenvalue weighted by Gasteiger charge is 2.14. The first-order valence-corrected chi connectivity index (χ1v) is 5.53. The fourth-order valence-corrected chi connectivity index (χ4v) is 1.62. The molecule has 1 heterocycles. The normalized spacial score (nSPS) is 10.2. The van der Waals surface area contributed by atoms with Gasteiger partial charge in [0.25, 0.3) is 0 Å². The van der Waals surface area contributed by atoms with Crippen LogP contribution in [0.4, 0.5) is 0 Å². The highest BCUT2D eigenvalue weighted by atomic mass is 16.5. The summed E-state index contributed by atoms with van der Waals surface area (Å²) < 4.78 is 7.58. The minimum Gasteiger partial charge on any atom is -0.504 e. The van der Waals surface area contributed by atoms with Crippen molar-refractivity contribution >= 4 is 0 Å². The molecule has 0 bridgehead atoms. The van der Waals surface area contributed by atoms with Crippen molar-refractivity contribution in [2.45, 2.75) is 13.5 Å². The molecule has 0 aliphatic rings. The van der Waals surface area contributed by atoms with E-state index in [1.54, 1.807) is 12.3 Å². The van der Waals surface area contributed by atoms with Gasteiger partial charge in [0.15, 0.2) is 11.9 Å². The maximum atomic E-state index is 9.76. The van der Waals surface area contributed by atoms with E-state index < -0.39 is 0 Å². The maximum absolute atomic E-state index is 9.76. The van der Waals surface area contributed by atoms with E-state index in [9.17, 15) is 5.11 Å². The molecule has 0 amide bonds. The Bertz CT molecular complexity index is 509. The van der Waals surface area contributed by atoms with Gasteiger partial charge in [-0.2, -0.15) is 0 Å². The van der Waals surface area contributed by atoms with Crippen LogP contribution in [-0.4, -0.2) is 5.11 Å². The lowest BCUT2D eigenvalue weighted by Crippen LogP contribution is -2.31. The van der Waals surface area contributed by atoms with E-state index in [0.717, 1.165) is 11.3 Å². The van der Waals surface area contributed by atoms with Gasteiger partial charge in [0.05, 0.1) is 0 Å². The molecular weight excluding hydrogens is 214 g/mol. The zero-order valence-corrected chi connectivity index (χ0v) is 10.1. The van der Waals surface area contributed by atoms with Crippen molar-refractivity contribution in [3.05, 3.63) is 53.9 Å². The fourth-order valence-electron chi connectivity index (χ4n) is 1.62. The average Bonchev–Trinajstić information content (AvgIpc) is 2.35. The average molecular weight is 230 g/mol. The van der Waals surface area contributed by atoms with Gasteiger partial charge in [-0.1, -0.05) is 30.3 Å². The minimum atomic E-state index is 0.177. The third kappa shape index (κ3) is 2.56. The number of rotatable bonds is 3. The van der Waals surface area contributed by atoms with Gasteiger partial charge in [-0.25, -0.2) is 4.57 Å². The van der Waals surface area contributed by atoms with Crippen LogP contribution in [-0.2, 0) is 13.7 Å². The largest absolute Gasteiger partial charge is 0.504 e. The monoisotopic (exact) mass is 230 g/mol. The fraction of sp³-hybridized carbons (Fsp3) is 0.214. The summed E-state index contributed by atoms with van der Waals surface area (Å²) >= 11 is 0. The van der Waals surface area contributed by atoms with Crippen LogP contribution < -0.4 is 9.30 Å². The molecule has 0 atom stereocenters. The Kier molecular flexibility index (Phi) is 3.28. The summed E-state index contributed by atoms with van der Waals surface area (Å²) in [4.78, 5) is 0. The third-order valence-electron chi connectivity index (χ3n) is 2.77. The van der Waals surface area contributed by atoms with Gasteiger partial charge in [0.2, 0.25) is 11.4 Å². The van der Waals surface area contributed by atoms with Crippen LogP contribution in [0.1, 0.15) is 11.3 Å². The Labute approximate surface area is 101 Å². The number of ether oxygens (including phenoxy) is 1. The summed E-state index contributed by atoms with van der Waals surface area (Å²) in [6, 6.07) is 11.5. The number of hydrogen-bond acceptors (Lipinski definition) is 2. The van der Waals surface area contributed by atoms with E-state index in [0.29, 0.717) is 12.4 Å². The smallest absolute Gasteiger partial charge is 0.229 e. The van der Waals surface area contributed by atoms with Gasteiger partial charge < -0.3 is 9.84 Å². The molecule has 0 saturated carbocycles. The maximum Gasteiger partial charge on any atom is 0.229 e. The predicted octanol–water partition coefficient (Wildman–Crippen LogP) is 2.10. The van der Waals surface area contributed by atoms with Crippen molar-refractivity contribution in [3.8, 4) is 11.5 Å². The number of aromatic nitrogens is 1. The lowest BCUT2D eigenvalue weighted by atomic mass is 10.2. The first-order valence-electron chi connectivity index (χ1n) is 5.53. The van der Waals surface area contributed by atoms with Crippen LogP contribution in [0, 0.1) is 6.92 Å². The molecule has 3 heteroatoms. The van der Waals surface area contributed by atoms with Gasteiger partial charge in [-0.3, -0.25) is 0 Å². The second kappa shape index (κ2) is 4.87. The lowest BCUT2D eigenvalue weighted by molar-refractivity contribution is -0.678. The van der Waals surface area contributed by atoms with Crippen LogP contribution in [0.2, 0.25) is 0 Å². The Morgan fingerprint density at radius 2 is 1.88 bits per heavy atom. The molecule has 0 aliphatic carbocycles. The molecule has 2 rings (SSSR count). The SMILES string of the molecule is Cc1c(OCc2ccccc2)c(O)cc[n+]1C. The first-order chi connectivity index (χ1) is 8.18. The van der Waals surface area contributed by atoms with Gasteiger partial charge in [-0.15, -0.1) is 0 Å². The van der Waals surface area contributed by atoms with E-state index in [4.69, 9.17) is 4.74 Å². The summed E-state index contributed by atoms with van der Waals surface area (Å²) in [5.41, 5.74) is 1.98. The molecule has 0 aliphatic heterocycles. The molecule has 0 unspecified atom stereocenters. The van der Waals surface area contributed by atoms with Gasteiger partial charge in [0.1, 0.15) is 13.7 Å². The number of benzene rings is 1. The van der Waals surface area contributed by atoms with Gasteiger partial charge >= 0.3 is 0 Å². The molecule has 3 nitrogen and oxygen atoms in total. The number of aromatic hydroxyl groups is 1. The molecule has 0 saturated heterocycles. The number of pyridine rings is 1. The molecule has 1 N–H and O–H groups in total. The van der Waals surface area contributed by atoms with Gasteiger partial charge in [-0.05, 0) is 5.56 Å². The number of aryl methyl sites for hydroxylation is 1. The van der Waals surface area contributed by atoms with E-state index in [1.165, 1.54) is 0 Å². The number of hydrogen-bond donors (Lipinski definition) is 1. The predicted molar refractivity (Wildman–Crippen MR) is 64.8 cm³/mol. The van der Waals surface area contributed by atoms with Crippen molar-refractivity contribution in [3.63, 3.8) is 0 Å². The van der Waals surface area contributed by atoms with Crippen molar-refractivity contribution in [2.75, 3.05) is 0 Å². The summed E-state index contributed by atoms with van der Waals surface area (Å²) in [5, 5.41) is 9.76. The van der Waals surface area contributed by atoms with Crippen molar-refractivity contribution in [1.29, 1.82) is 0 Å². The highest BCUT2D eigenvalue weighted by Crippen LogP contribution is 2.27. The van der Waals surface area contributed by atoms with Crippen LogP contribution in [0.5, 0.6) is 11.5 Å². The quantitative estimate of drug-likeness (QED) is 0.819. The summed E-state index contributed by atoms with van der Waals surface area (Å²) in [5.74, 6) is 0.718. The molecular formula is C14H16NO2+. The molecule has 0 fully saturated rings. The zero-order chi connectivity index (χ0) is 12.3. The molecule has 2 aromatic rings. The summed E-state index contributed by atoms with van der Waals surface area (Å²) in [7, 11) is 1.92. The van der Waals surface area contributed by atoms with Crippen LogP contribution in [0.3, 0.4) is 0 Å². The standard InChI is InChI=1S/C14H15NO2/c1-11-14(13(16)8-9-15(11)2)17-10-12-6-4-3-5-7-12/h3-9H,10H2,1-2H3/p+1. The molecule has 17 heavy (non-hydrogen) atoms. The van der Waals surface area contributed by atoms with E-state index in [1.807, 2.05) is 48.9 Å². The second-order valence-electron chi connectivity index (χ2n) is 4.00. The van der Waals surface area contributed by atoms with Crippen molar-refractivity contribution in [2.24, 2.45) is 7.05 Å². The van der Waals surface area contributed by atoms with Crippen LogP contribution in [0.25, 0.3) is 0 Å². The zero-order valence-electron chi connectivity index (χ0n) is 10.1. The van der Waals surface area contributed by atoms with Gasteiger partial charge in [0, 0.05) is 13.0 Å². The molecule has 1 aromatic carbocycles. The minimum absolute atomic E-state index is 0.177. The Morgan fingerprint density at radius 1 is 1.18 bits per heavy atom. The van der Waals surface area contributed by atoms with Crippen LogP contribution in [0.15, 0.2) is 42.6 Å². The highest BCUT2D eigenvalue weighted by molar-refractivity contribution is 5.38. The molecule has 0 radical (unpaired) electrons. The van der Waals surface area contributed by atoms with E-state index in [2.05, 4.69) is 0 Å². The van der Waals surface area contributed by atoms with E-state index in [-0.39, 0.29) is 5.75 Å². The van der Waals surface area contributed by atoms with Crippen LogP contribution >= 0.6 is 0 Å². The Hall–Kier alpha value is -2.03. The first kappa shape index (κ1) is 11.5. The summed E-state index contributed by atoms with van der Waals surface area (Å²) in [6.45, 7) is 2.37. The lowest BCUT2D eigenvalue weighted by Gasteiger charge is -2.08. The number of nitrogens with zero attached hydrogens (tertiary/aromatic N) is 1. The Balaban J connectivity index is 2.17.